The number of aromatic nitrogens is 1. The average molecular weight is 262 g/mol. The van der Waals surface area contributed by atoms with Crippen LogP contribution in [0, 0.1) is 0 Å². The largest absolute Gasteiger partial charge is 0.264 e. The third-order valence-electron chi connectivity index (χ3n) is 2.48. The van der Waals surface area contributed by atoms with E-state index in [1.165, 1.54) is 0 Å². The van der Waals surface area contributed by atoms with Crippen molar-refractivity contribution in [3.63, 3.8) is 0 Å². The van der Waals surface area contributed by atoms with Gasteiger partial charge in [-0.25, -0.2) is 13.1 Å². The number of benzene rings is 1. The van der Waals surface area contributed by atoms with Gasteiger partial charge in [0.25, 0.3) is 0 Å². The van der Waals surface area contributed by atoms with Crippen molar-refractivity contribution in [2.24, 2.45) is 0 Å². The summed E-state index contributed by atoms with van der Waals surface area (Å²) in [5.74, 6) is 0. The van der Waals surface area contributed by atoms with Crippen LogP contribution in [0.15, 0.2) is 54.9 Å². The van der Waals surface area contributed by atoms with Crippen molar-refractivity contribution in [1.29, 1.82) is 0 Å². The van der Waals surface area contributed by atoms with Gasteiger partial charge in [-0.3, -0.25) is 4.98 Å². The quantitative estimate of drug-likeness (QED) is 0.912. The van der Waals surface area contributed by atoms with Gasteiger partial charge in [-0.1, -0.05) is 36.4 Å². The second-order valence-electron chi connectivity index (χ2n) is 4.02. The van der Waals surface area contributed by atoms with Gasteiger partial charge in [0.15, 0.2) is 0 Å². The van der Waals surface area contributed by atoms with E-state index in [2.05, 4.69) is 9.71 Å². The van der Waals surface area contributed by atoms with Gasteiger partial charge < -0.3 is 0 Å². The first-order valence-electron chi connectivity index (χ1n) is 5.48. The first-order chi connectivity index (χ1) is 8.56. The molecule has 1 aromatic carbocycles. The van der Waals surface area contributed by atoms with E-state index < -0.39 is 16.1 Å². The van der Waals surface area contributed by atoms with Crippen LogP contribution in [0.4, 0.5) is 0 Å². The molecule has 0 spiro atoms. The first kappa shape index (κ1) is 12.7. The van der Waals surface area contributed by atoms with Crippen LogP contribution < -0.4 is 4.72 Å². The summed E-state index contributed by atoms with van der Waals surface area (Å²) in [4.78, 5) is 4.03. The molecule has 94 valence electrons. The molecule has 0 aliphatic carbocycles. The average Bonchev–Trinajstić information content (AvgIpc) is 2.37. The fourth-order valence-electron chi connectivity index (χ4n) is 1.73. The van der Waals surface area contributed by atoms with Gasteiger partial charge in [0, 0.05) is 12.4 Å². The molecule has 2 rings (SSSR count). The summed E-state index contributed by atoms with van der Waals surface area (Å²) in [5.41, 5.74) is 1.70. The van der Waals surface area contributed by atoms with Gasteiger partial charge in [-0.15, -0.1) is 0 Å². The number of hydrogen-bond donors (Lipinski definition) is 1. The lowest BCUT2D eigenvalue weighted by atomic mass is 10.0. The van der Waals surface area contributed by atoms with Crippen LogP contribution in [0.1, 0.15) is 17.2 Å². The second-order valence-corrected chi connectivity index (χ2v) is 5.80. The van der Waals surface area contributed by atoms with Crippen molar-refractivity contribution < 1.29 is 8.42 Å². The minimum absolute atomic E-state index is 0.408. The Morgan fingerprint density at radius 1 is 1.06 bits per heavy atom. The molecule has 0 bridgehead atoms. The normalized spacial score (nSPS) is 13.2. The standard InChI is InChI=1S/C13H14N2O2S/c1-18(16,17)15-13(11-6-3-2-4-7-11)12-8-5-9-14-10-12/h2-10,13,15H,1H3/t13-/m0/s1. The van der Waals surface area contributed by atoms with Crippen LogP contribution in [0.2, 0.25) is 0 Å². The number of pyridine rings is 1. The third-order valence-corrected chi connectivity index (χ3v) is 3.15. The molecule has 0 radical (unpaired) electrons. The molecule has 1 atom stereocenters. The van der Waals surface area contributed by atoms with Crippen LogP contribution in [-0.2, 0) is 10.0 Å². The Kier molecular flexibility index (Phi) is 3.74. The number of hydrogen-bond acceptors (Lipinski definition) is 3. The molecule has 0 saturated carbocycles. The van der Waals surface area contributed by atoms with Gasteiger partial charge in [0.05, 0.1) is 12.3 Å². The molecule has 0 amide bonds. The predicted molar refractivity (Wildman–Crippen MR) is 70.5 cm³/mol. The monoisotopic (exact) mass is 262 g/mol. The van der Waals surface area contributed by atoms with Gasteiger partial charge in [0.2, 0.25) is 10.0 Å². The molecule has 1 heterocycles. The topological polar surface area (TPSA) is 59.1 Å². The Bertz CT molecular complexity index is 558. The summed E-state index contributed by atoms with van der Waals surface area (Å²) < 4.78 is 25.5. The van der Waals surface area contributed by atoms with E-state index >= 15 is 0 Å². The molecule has 0 unspecified atom stereocenters. The van der Waals surface area contributed by atoms with E-state index in [9.17, 15) is 8.42 Å². The molecule has 18 heavy (non-hydrogen) atoms. The minimum Gasteiger partial charge on any atom is -0.264 e. The summed E-state index contributed by atoms with van der Waals surface area (Å²) >= 11 is 0. The van der Waals surface area contributed by atoms with Crippen molar-refractivity contribution in [3.8, 4) is 0 Å². The van der Waals surface area contributed by atoms with Crippen molar-refractivity contribution in [2.45, 2.75) is 6.04 Å². The Labute approximate surface area is 107 Å². The molecular formula is C13H14N2O2S. The van der Waals surface area contributed by atoms with Crippen molar-refractivity contribution in [3.05, 3.63) is 66.0 Å². The number of nitrogens with zero attached hydrogens (tertiary/aromatic N) is 1. The minimum atomic E-state index is -3.30. The number of rotatable bonds is 4. The highest BCUT2D eigenvalue weighted by atomic mass is 32.2. The van der Waals surface area contributed by atoms with Crippen molar-refractivity contribution in [2.75, 3.05) is 6.26 Å². The highest BCUT2D eigenvalue weighted by molar-refractivity contribution is 7.88. The van der Waals surface area contributed by atoms with Crippen molar-refractivity contribution >= 4 is 10.0 Å². The van der Waals surface area contributed by atoms with Crippen LogP contribution >= 0.6 is 0 Å². The smallest absolute Gasteiger partial charge is 0.209 e. The molecule has 1 aromatic heterocycles. The summed E-state index contributed by atoms with van der Waals surface area (Å²) in [5, 5.41) is 0. The molecule has 4 nitrogen and oxygen atoms in total. The molecule has 0 fully saturated rings. The van der Waals surface area contributed by atoms with Gasteiger partial charge in [-0.2, -0.15) is 0 Å². The number of sulfonamides is 1. The van der Waals surface area contributed by atoms with Crippen molar-refractivity contribution in [1.82, 2.24) is 9.71 Å². The fraction of sp³-hybridized carbons (Fsp3) is 0.154. The molecule has 0 aliphatic rings. The zero-order chi connectivity index (χ0) is 13.0. The highest BCUT2D eigenvalue weighted by Gasteiger charge is 2.17. The summed E-state index contributed by atoms with van der Waals surface area (Å²) in [6, 6.07) is 12.6. The van der Waals surface area contributed by atoms with Crippen LogP contribution in [-0.4, -0.2) is 19.7 Å². The molecule has 2 aromatic rings. The SMILES string of the molecule is CS(=O)(=O)N[C@@H](c1ccccc1)c1cccnc1. The Balaban J connectivity index is 2.42. The van der Waals surface area contributed by atoms with E-state index in [4.69, 9.17) is 0 Å². The zero-order valence-corrected chi connectivity index (χ0v) is 10.8. The predicted octanol–water partition coefficient (Wildman–Crippen LogP) is 1.72. The maximum absolute atomic E-state index is 11.5. The maximum atomic E-state index is 11.5. The summed E-state index contributed by atoms with van der Waals surface area (Å²) in [6.07, 6.45) is 4.47. The molecule has 0 aliphatic heterocycles. The Morgan fingerprint density at radius 3 is 2.28 bits per heavy atom. The lowest BCUT2D eigenvalue weighted by molar-refractivity contribution is 0.578. The highest BCUT2D eigenvalue weighted by Crippen LogP contribution is 2.21. The fourth-order valence-corrected chi connectivity index (χ4v) is 2.44. The van der Waals surface area contributed by atoms with Gasteiger partial charge in [-0.05, 0) is 17.2 Å². The third kappa shape index (κ3) is 3.38. The number of nitrogens with one attached hydrogen (secondary N) is 1. The van der Waals surface area contributed by atoms with E-state index in [0.717, 1.165) is 17.4 Å². The molecular weight excluding hydrogens is 248 g/mol. The lowest BCUT2D eigenvalue weighted by Gasteiger charge is -2.17. The Morgan fingerprint density at radius 2 is 1.72 bits per heavy atom. The maximum Gasteiger partial charge on any atom is 0.209 e. The Hall–Kier alpha value is -1.72. The summed E-state index contributed by atoms with van der Waals surface area (Å²) in [6.45, 7) is 0. The molecule has 5 heteroatoms. The van der Waals surface area contributed by atoms with Gasteiger partial charge >= 0.3 is 0 Å². The van der Waals surface area contributed by atoms with E-state index in [0.29, 0.717) is 0 Å². The molecule has 1 N–H and O–H groups in total. The van der Waals surface area contributed by atoms with Crippen LogP contribution in [0.5, 0.6) is 0 Å². The van der Waals surface area contributed by atoms with E-state index in [-0.39, 0.29) is 0 Å². The summed E-state index contributed by atoms with van der Waals surface area (Å²) in [7, 11) is -3.30. The molecule has 0 saturated heterocycles. The first-order valence-corrected chi connectivity index (χ1v) is 7.37. The second kappa shape index (κ2) is 5.29. The van der Waals surface area contributed by atoms with E-state index in [1.807, 2.05) is 36.4 Å². The zero-order valence-electron chi connectivity index (χ0n) is 9.95. The van der Waals surface area contributed by atoms with Gasteiger partial charge in [0.1, 0.15) is 0 Å². The lowest BCUT2D eigenvalue weighted by Crippen LogP contribution is -2.28. The van der Waals surface area contributed by atoms with E-state index in [1.54, 1.807) is 18.5 Å². The van der Waals surface area contributed by atoms with Crippen LogP contribution in [0.3, 0.4) is 0 Å². The van der Waals surface area contributed by atoms with Crippen LogP contribution in [0.25, 0.3) is 0 Å².